The van der Waals surface area contributed by atoms with Crippen LogP contribution in [0, 0.1) is 15.9 Å². The van der Waals surface area contributed by atoms with Crippen LogP contribution in [0.5, 0.6) is 5.75 Å². The van der Waals surface area contributed by atoms with Crippen molar-refractivity contribution in [2.45, 2.75) is 6.61 Å². The molecule has 22 heavy (non-hydrogen) atoms. The van der Waals surface area contributed by atoms with Gasteiger partial charge in [-0.1, -0.05) is 0 Å². The molecule has 0 atom stereocenters. The number of pyridine rings is 1. The number of aromatic nitrogens is 1. The van der Waals surface area contributed by atoms with Crippen LogP contribution in [0.3, 0.4) is 0 Å². The first-order chi connectivity index (χ1) is 10.5. The number of ether oxygens (including phenoxy) is 1. The molecular weight excluding hydrogens is 305 g/mol. The summed E-state index contributed by atoms with van der Waals surface area (Å²) in [7, 11) is 0. The van der Waals surface area contributed by atoms with Gasteiger partial charge in [0.25, 0.3) is 5.69 Å². The summed E-state index contributed by atoms with van der Waals surface area (Å²) in [6, 6.07) is 5.74. The fourth-order valence-electron chi connectivity index (χ4n) is 1.40. The third-order valence-electron chi connectivity index (χ3n) is 2.34. The average Bonchev–Trinajstić information content (AvgIpc) is 2.46. The highest BCUT2D eigenvalue weighted by Gasteiger charge is 2.09. The average molecular weight is 312 g/mol. The summed E-state index contributed by atoms with van der Waals surface area (Å²) in [4.78, 5) is 13.4. The first-order valence-electron chi connectivity index (χ1n) is 5.72. The molecule has 0 amide bonds. The Morgan fingerprint density at radius 1 is 1.23 bits per heavy atom. The molecule has 0 spiro atoms. The Kier molecular flexibility index (Phi) is 4.61. The van der Waals surface area contributed by atoms with Gasteiger partial charge in [-0.25, -0.2) is 9.37 Å². The maximum Gasteiger partial charge on any atom is 0.387 e. The van der Waals surface area contributed by atoms with Crippen LogP contribution in [0.1, 0.15) is 0 Å². The van der Waals surface area contributed by atoms with E-state index in [4.69, 9.17) is 0 Å². The van der Waals surface area contributed by atoms with Gasteiger partial charge in [0.2, 0.25) is 5.82 Å². The monoisotopic (exact) mass is 312 g/mol. The van der Waals surface area contributed by atoms with Crippen LogP contribution in [-0.2, 0) is 0 Å². The minimum absolute atomic E-state index is 0.128. The molecule has 0 fully saturated rings. The van der Waals surface area contributed by atoms with E-state index < -0.39 is 28.9 Å². The van der Waals surface area contributed by atoms with Gasteiger partial charge in [0.1, 0.15) is 5.75 Å². The zero-order valence-corrected chi connectivity index (χ0v) is 10.7. The lowest BCUT2D eigenvalue weighted by molar-refractivity contribution is -0.384. The van der Waals surface area contributed by atoms with Crippen molar-refractivity contribution in [2.24, 2.45) is 10.2 Å². The zero-order valence-electron chi connectivity index (χ0n) is 10.7. The van der Waals surface area contributed by atoms with Crippen LogP contribution in [-0.4, -0.2) is 16.5 Å². The fourth-order valence-corrected chi connectivity index (χ4v) is 1.40. The molecule has 0 saturated carbocycles. The second kappa shape index (κ2) is 6.61. The molecule has 0 aliphatic carbocycles. The van der Waals surface area contributed by atoms with Crippen molar-refractivity contribution in [2.75, 3.05) is 0 Å². The first-order valence-corrected chi connectivity index (χ1v) is 5.72. The van der Waals surface area contributed by atoms with Crippen molar-refractivity contribution in [3.8, 4) is 5.75 Å². The Morgan fingerprint density at radius 3 is 2.45 bits per heavy atom. The van der Waals surface area contributed by atoms with E-state index in [9.17, 15) is 23.3 Å². The molecule has 7 nitrogen and oxygen atoms in total. The smallest absolute Gasteiger partial charge is 0.387 e. The van der Waals surface area contributed by atoms with Gasteiger partial charge in [-0.15, -0.1) is 10.2 Å². The molecule has 10 heteroatoms. The molecule has 0 N–H and O–H groups in total. The van der Waals surface area contributed by atoms with E-state index >= 15 is 0 Å². The van der Waals surface area contributed by atoms with E-state index in [0.29, 0.717) is 6.07 Å². The van der Waals surface area contributed by atoms with E-state index in [2.05, 4.69) is 19.9 Å². The van der Waals surface area contributed by atoms with E-state index in [0.717, 1.165) is 6.20 Å². The second-order valence-electron chi connectivity index (χ2n) is 3.83. The normalized spacial score (nSPS) is 11.1. The summed E-state index contributed by atoms with van der Waals surface area (Å²) in [5.74, 6) is -1.87. The lowest BCUT2D eigenvalue weighted by atomic mass is 10.3. The summed E-state index contributed by atoms with van der Waals surface area (Å²) in [5.41, 5.74) is 0.108. The predicted octanol–water partition coefficient (Wildman–Crippen LogP) is 4.15. The van der Waals surface area contributed by atoms with Crippen molar-refractivity contribution < 1.29 is 22.8 Å². The Labute approximate surface area is 121 Å². The highest BCUT2D eigenvalue weighted by atomic mass is 19.3. The topological polar surface area (TPSA) is 90.0 Å². The third-order valence-corrected chi connectivity index (χ3v) is 2.34. The maximum atomic E-state index is 13.5. The van der Waals surface area contributed by atoms with Gasteiger partial charge in [0.05, 0.1) is 16.8 Å². The van der Waals surface area contributed by atoms with E-state index in [1.807, 2.05) is 0 Å². The van der Waals surface area contributed by atoms with Gasteiger partial charge in [-0.2, -0.15) is 8.78 Å². The van der Waals surface area contributed by atoms with E-state index in [-0.39, 0.29) is 11.4 Å². The SMILES string of the molecule is O=[N+]([O-])c1ccc(/N=N/c2ncc(OC(F)F)cc2F)cc1. The van der Waals surface area contributed by atoms with Crippen LogP contribution in [0.25, 0.3) is 0 Å². The highest BCUT2D eigenvalue weighted by molar-refractivity contribution is 5.44. The molecule has 0 unspecified atom stereocenters. The number of nitrogens with zero attached hydrogens (tertiary/aromatic N) is 4. The summed E-state index contributed by atoms with van der Waals surface area (Å²) >= 11 is 0. The van der Waals surface area contributed by atoms with Crippen molar-refractivity contribution >= 4 is 17.2 Å². The molecule has 114 valence electrons. The summed E-state index contributed by atoms with van der Waals surface area (Å²) < 4.78 is 41.4. The van der Waals surface area contributed by atoms with Crippen molar-refractivity contribution in [3.63, 3.8) is 0 Å². The minimum Gasteiger partial charge on any atom is -0.433 e. The quantitative estimate of drug-likeness (QED) is 0.471. The lowest BCUT2D eigenvalue weighted by Gasteiger charge is -2.03. The van der Waals surface area contributed by atoms with Crippen LogP contribution < -0.4 is 4.74 Å². The van der Waals surface area contributed by atoms with E-state index in [1.165, 1.54) is 24.3 Å². The Hall–Kier alpha value is -3.04. The third kappa shape index (κ3) is 3.98. The second-order valence-corrected chi connectivity index (χ2v) is 3.83. The number of azo groups is 1. The molecule has 1 aromatic carbocycles. The lowest BCUT2D eigenvalue weighted by Crippen LogP contribution is -2.02. The number of hydrogen-bond donors (Lipinski definition) is 0. The molecular formula is C12H7F3N4O3. The first kappa shape index (κ1) is 15.4. The number of alkyl halides is 2. The Bertz CT molecular complexity index is 707. The number of halogens is 3. The molecule has 2 rings (SSSR count). The van der Waals surface area contributed by atoms with Crippen LogP contribution in [0.15, 0.2) is 46.8 Å². The van der Waals surface area contributed by atoms with E-state index in [1.54, 1.807) is 0 Å². The van der Waals surface area contributed by atoms with Gasteiger partial charge < -0.3 is 4.74 Å². The van der Waals surface area contributed by atoms with Crippen LogP contribution in [0.4, 0.5) is 30.4 Å². The highest BCUT2D eigenvalue weighted by Crippen LogP contribution is 2.24. The largest absolute Gasteiger partial charge is 0.433 e. The Morgan fingerprint density at radius 2 is 1.91 bits per heavy atom. The minimum atomic E-state index is -3.09. The molecule has 0 bridgehead atoms. The maximum absolute atomic E-state index is 13.5. The predicted molar refractivity (Wildman–Crippen MR) is 68.1 cm³/mol. The van der Waals surface area contributed by atoms with Crippen molar-refractivity contribution in [1.82, 2.24) is 4.98 Å². The molecule has 2 aromatic rings. The number of benzene rings is 1. The number of hydrogen-bond acceptors (Lipinski definition) is 6. The van der Waals surface area contributed by atoms with Gasteiger partial charge in [0, 0.05) is 18.2 Å². The molecule has 0 saturated heterocycles. The summed E-state index contributed by atoms with van der Waals surface area (Å²) in [6.07, 6.45) is 0.874. The molecule has 1 aromatic heterocycles. The van der Waals surface area contributed by atoms with Crippen LogP contribution >= 0.6 is 0 Å². The fraction of sp³-hybridized carbons (Fsp3) is 0.0833. The van der Waals surface area contributed by atoms with Gasteiger partial charge >= 0.3 is 6.61 Å². The van der Waals surface area contributed by atoms with Gasteiger partial charge in [-0.3, -0.25) is 10.1 Å². The van der Waals surface area contributed by atoms with Crippen LogP contribution in [0.2, 0.25) is 0 Å². The Balaban J connectivity index is 2.14. The van der Waals surface area contributed by atoms with Gasteiger partial charge in [-0.05, 0) is 12.1 Å². The zero-order chi connectivity index (χ0) is 16.1. The molecule has 1 heterocycles. The number of rotatable bonds is 5. The molecule has 0 aliphatic heterocycles. The number of nitro benzene ring substituents is 1. The van der Waals surface area contributed by atoms with Crippen molar-refractivity contribution in [1.29, 1.82) is 0 Å². The molecule has 0 aliphatic rings. The summed E-state index contributed by atoms with van der Waals surface area (Å²) in [6.45, 7) is -3.09. The molecule has 0 radical (unpaired) electrons. The summed E-state index contributed by atoms with van der Waals surface area (Å²) in [5, 5.41) is 17.6. The number of nitro groups is 1. The van der Waals surface area contributed by atoms with Gasteiger partial charge in [0.15, 0.2) is 5.82 Å². The van der Waals surface area contributed by atoms with Crippen molar-refractivity contribution in [3.05, 3.63) is 52.5 Å². The standard InChI is InChI=1S/C12H7F3N4O3/c13-10-5-9(22-12(14)15)6-16-11(10)18-17-7-1-3-8(4-2-7)19(20)21/h1-6,12H/b18-17+. The number of non-ortho nitro benzene ring substituents is 1.